The molecule has 2 atom stereocenters. The molecule has 0 aliphatic carbocycles. The zero-order valence-electron chi connectivity index (χ0n) is 19.2. The van der Waals surface area contributed by atoms with Crippen molar-refractivity contribution in [3.8, 4) is 5.75 Å². The van der Waals surface area contributed by atoms with Crippen LogP contribution in [0.5, 0.6) is 5.75 Å². The largest absolute Gasteiger partial charge is 0.493 e. The number of phosphoric acid groups is 1. The summed E-state index contributed by atoms with van der Waals surface area (Å²) in [5, 5.41) is 11.0. The Kier molecular flexibility index (Phi) is 9.03. The molecular weight excluding hydrogens is 441 g/mol. The van der Waals surface area contributed by atoms with E-state index in [1.807, 2.05) is 42.5 Å². The van der Waals surface area contributed by atoms with Gasteiger partial charge >= 0.3 is 7.82 Å². The molecule has 8 heteroatoms. The van der Waals surface area contributed by atoms with Crippen LogP contribution in [0.1, 0.15) is 18.0 Å². The third-order valence-electron chi connectivity index (χ3n) is 5.69. The van der Waals surface area contributed by atoms with Crippen LogP contribution >= 0.6 is 7.82 Å². The summed E-state index contributed by atoms with van der Waals surface area (Å²) < 4.78 is 28.4. The Morgan fingerprint density at radius 3 is 2.30 bits per heavy atom. The number of aliphatic hydroxyl groups excluding tert-OH is 1. The van der Waals surface area contributed by atoms with Crippen molar-refractivity contribution in [2.24, 2.45) is 0 Å². The maximum absolute atomic E-state index is 11.9. The molecule has 0 aliphatic rings. The summed E-state index contributed by atoms with van der Waals surface area (Å²) in [5.41, 5.74) is 1.16. The Morgan fingerprint density at radius 1 is 0.879 bits per heavy atom. The second kappa shape index (κ2) is 11.7. The average molecular weight is 475 g/mol. The van der Waals surface area contributed by atoms with Gasteiger partial charge in [-0.25, -0.2) is 4.57 Å². The SMILES string of the molecule is C[N+](C)(CCOP(=O)(O)OCCO)C(CCOc1cccc2ccccc12)c1ccccc1. The zero-order chi connectivity index (χ0) is 23.7. The molecular formula is C25H33NO6P+. The van der Waals surface area contributed by atoms with Gasteiger partial charge in [-0.1, -0.05) is 66.7 Å². The predicted octanol–water partition coefficient (Wildman–Crippen LogP) is 4.55. The summed E-state index contributed by atoms with van der Waals surface area (Å²) in [6, 6.07) is 24.5. The van der Waals surface area contributed by atoms with Gasteiger partial charge in [0.1, 0.15) is 24.9 Å². The second-order valence-electron chi connectivity index (χ2n) is 8.40. The Morgan fingerprint density at radius 2 is 1.55 bits per heavy atom. The van der Waals surface area contributed by atoms with E-state index in [0.29, 0.717) is 17.6 Å². The first-order valence-corrected chi connectivity index (χ1v) is 12.5. The minimum atomic E-state index is -4.18. The fraction of sp³-hybridized carbons (Fsp3) is 0.360. The van der Waals surface area contributed by atoms with E-state index in [9.17, 15) is 9.46 Å². The first kappa shape index (κ1) is 25.4. The van der Waals surface area contributed by atoms with E-state index in [4.69, 9.17) is 18.9 Å². The van der Waals surface area contributed by atoms with Gasteiger partial charge in [-0.15, -0.1) is 0 Å². The molecule has 0 fully saturated rings. The quantitative estimate of drug-likeness (QED) is 0.279. The minimum absolute atomic E-state index is 0.0414. The molecule has 3 rings (SSSR count). The van der Waals surface area contributed by atoms with Gasteiger partial charge in [-0.2, -0.15) is 0 Å². The number of quaternary nitrogens is 1. The number of nitrogens with zero attached hydrogens (tertiary/aromatic N) is 1. The van der Waals surface area contributed by atoms with Crippen molar-refractivity contribution in [3.05, 3.63) is 78.4 Å². The van der Waals surface area contributed by atoms with Gasteiger partial charge in [-0.05, 0) is 11.5 Å². The highest BCUT2D eigenvalue weighted by Crippen LogP contribution is 2.43. The number of benzene rings is 3. The molecule has 7 nitrogen and oxygen atoms in total. The molecule has 0 spiro atoms. The van der Waals surface area contributed by atoms with E-state index in [-0.39, 0.29) is 25.9 Å². The molecule has 0 heterocycles. The van der Waals surface area contributed by atoms with Crippen molar-refractivity contribution in [1.29, 1.82) is 0 Å². The number of rotatable bonds is 13. The van der Waals surface area contributed by atoms with Crippen LogP contribution in [0, 0.1) is 0 Å². The summed E-state index contributed by atoms with van der Waals surface area (Å²) in [5.74, 6) is 0.857. The molecule has 0 aromatic heterocycles. The van der Waals surface area contributed by atoms with Crippen molar-refractivity contribution >= 4 is 18.6 Å². The van der Waals surface area contributed by atoms with Crippen LogP contribution < -0.4 is 4.74 Å². The van der Waals surface area contributed by atoms with Crippen LogP contribution in [0.3, 0.4) is 0 Å². The minimum Gasteiger partial charge on any atom is -0.493 e. The highest BCUT2D eigenvalue weighted by molar-refractivity contribution is 7.47. The number of ether oxygens (including phenoxy) is 1. The average Bonchev–Trinajstić information content (AvgIpc) is 2.81. The van der Waals surface area contributed by atoms with Gasteiger partial charge in [0, 0.05) is 17.4 Å². The van der Waals surface area contributed by atoms with Crippen molar-refractivity contribution < 1.29 is 32.8 Å². The summed E-state index contributed by atoms with van der Waals surface area (Å²) in [7, 11) is -0.0461. The lowest BCUT2D eigenvalue weighted by atomic mass is 10.0. The lowest BCUT2D eigenvalue weighted by Crippen LogP contribution is -2.46. The summed E-state index contributed by atoms with van der Waals surface area (Å²) >= 11 is 0. The van der Waals surface area contributed by atoms with E-state index >= 15 is 0 Å². The Labute approximate surface area is 195 Å². The van der Waals surface area contributed by atoms with Gasteiger partial charge in [0.2, 0.25) is 0 Å². The van der Waals surface area contributed by atoms with E-state index in [0.717, 1.165) is 28.5 Å². The fourth-order valence-electron chi connectivity index (χ4n) is 3.94. The fourth-order valence-corrected chi connectivity index (χ4v) is 4.64. The molecule has 0 saturated heterocycles. The molecule has 0 aliphatic heterocycles. The molecule has 178 valence electrons. The second-order valence-corrected chi connectivity index (χ2v) is 9.86. The van der Waals surface area contributed by atoms with Crippen molar-refractivity contribution in [3.63, 3.8) is 0 Å². The highest BCUT2D eigenvalue weighted by atomic mass is 31.2. The summed E-state index contributed by atoms with van der Waals surface area (Å²) in [6.07, 6.45) is 0.748. The van der Waals surface area contributed by atoms with Gasteiger partial charge in [0.15, 0.2) is 0 Å². The molecule has 33 heavy (non-hydrogen) atoms. The number of phosphoric ester groups is 1. The molecule has 2 unspecified atom stereocenters. The molecule has 2 N–H and O–H groups in total. The van der Waals surface area contributed by atoms with Crippen LogP contribution in [0.4, 0.5) is 0 Å². The lowest BCUT2D eigenvalue weighted by molar-refractivity contribution is -0.921. The van der Waals surface area contributed by atoms with Gasteiger partial charge < -0.3 is 19.2 Å². The smallest absolute Gasteiger partial charge is 0.472 e. The first-order valence-electron chi connectivity index (χ1n) is 11.0. The monoisotopic (exact) mass is 474 g/mol. The third-order valence-corrected chi connectivity index (χ3v) is 6.71. The summed E-state index contributed by atoms with van der Waals surface area (Å²) in [4.78, 5) is 9.73. The highest BCUT2D eigenvalue weighted by Gasteiger charge is 2.31. The van der Waals surface area contributed by atoms with E-state index in [2.05, 4.69) is 44.4 Å². The van der Waals surface area contributed by atoms with Gasteiger partial charge in [0.05, 0.1) is 33.9 Å². The van der Waals surface area contributed by atoms with Gasteiger partial charge in [0.25, 0.3) is 0 Å². The van der Waals surface area contributed by atoms with Crippen molar-refractivity contribution in [2.75, 3.05) is 47.1 Å². The predicted molar refractivity (Wildman–Crippen MR) is 129 cm³/mol. The Hall–Kier alpha value is -2.25. The van der Waals surface area contributed by atoms with Crippen molar-refractivity contribution in [2.45, 2.75) is 12.5 Å². The summed E-state index contributed by atoms with van der Waals surface area (Å²) in [6.45, 7) is 0.460. The maximum Gasteiger partial charge on any atom is 0.472 e. The Balaban J connectivity index is 1.67. The molecule has 0 amide bonds. The lowest BCUT2D eigenvalue weighted by Gasteiger charge is -2.38. The number of aliphatic hydroxyl groups is 1. The van der Waals surface area contributed by atoms with Gasteiger partial charge in [-0.3, -0.25) is 9.05 Å². The number of fused-ring (bicyclic) bond motifs is 1. The van der Waals surface area contributed by atoms with E-state index in [1.54, 1.807) is 0 Å². The van der Waals surface area contributed by atoms with Crippen LogP contribution in [0.15, 0.2) is 72.8 Å². The standard InChI is InChI=1S/C25H32NO6P/c1-26(2,16-19-31-33(28,29)32-20-17-27)24(22-10-4-3-5-11-22)15-18-30-25-14-8-12-21-9-6-7-13-23(21)25/h3-14,24,27H,15-20H2,1-2H3/p+1. The number of hydrogen-bond donors (Lipinski definition) is 2. The maximum atomic E-state index is 11.9. The molecule has 0 saturated carbocycles. The van der Waals surface area contributed by atoms with Crippen LogP contribution in [0.2, 0.25) is 0 Å². The zero-order valence-corrected chi connectivity index (χ0v) is 20.1. The third kappa shape index (κ3) is 7.37. The molecule has 3 aromatic carbocycles. The van der Waals surface area contributed by atoms with Crippen LogP contribution in [-0.4, -0.2) is 61.6 Å². The van der Waals surface area contributed by atoms with Crippen molar-refractivity contribution in [1.82, 2.24) is 0 Å². The topological polar surface area (TPSA) is 85.2 Å². The van der Waals surface area contributed by atoms with E-state index in [1.165, 1.54) is 0 Å². The number of hydrogen-bond acceptors (Lipinski definition) is 5. The molecule has 3 aromatic rings. The first-order chi connectivity index (χ1) is 15.8. The normalized spacial score (nSPS) is 14.7. The Bertz CT molecular complexity index is 1050. The molecule has 0 radical (unpaired) electrons. The molecule has 0 bridgehead atoms. The van der Waals surface area contributed by atoms with Crippen LogP contribution in [0.25, 0.3) is 10.8 Å². The van der Waals surface area contributed by atoms with E-state index < -0.39 is 7.82 Å². The number of likely N-dealkylation sites (N-methyl/N-ethyl adjacent to an activating group) is 1. The van der Waals surface area contributed by atoms with Crippen LogP contribution in [-0.2, 0) is 13.6 Å².